The van der Waals surface area contributed by atoms with Gasteiger partial charge >= 0.3 is 6.18 Å². The number of alkyl halides is 3. The van der Waals surface area contributed by atoms with E-state index in [-0.39, 0.29) is 11.3 Å². The van der Waals surface area contributed by atoms with Gasteiger partial charge in [-0.25, -0.2) is 0 Å². The second kappa shape index (κ2) is 6.64. The lowest BCUT2D eigenvalue weighted by Crippen LogP contribution is -2.40. The van der Waals surface area contributed by atoms with Crippen LogP contribution < -0.4 is 10.6 Å². The molecule has 2 amide bonds. The Labute approximate surface area is 111 Å². The zero-order chi connectivity index (χ0) is 15.2. The summed E-state index contributed by atoms with van der Waals surface area (Å²) in [5.41, 5.74) is -0.188. The standard InChI is InChI=1S/C11H10F3N3O3/c12-11(13,14)6-16-9(18)5-15-10(19)7-3-1-2-4-8(7)17-20/h1-4H,5-6H2,(H,15,19)(H,16,18). The van der Waals surface area contributed by atoms with Crippen molar-refractivity contribution in [3.63, 3.8) is 0 Å². The van der Waals surface area contributed by atoms with Gasteiger partial charge < -0.3 is 10.6 Å². The molecule has 0 unspecified atom stereocenters. The zero-order valence-electron chi connectivity index (χ0n) is 10.0. The molecule has 108 valence electrons. The van der Waals surface area contributed by atoms with Crippen molar-refractivity contribution in [2.45, 2.75) is 6.18 Å². The fourth-order valence-corrected chi connectivity index (χ4v) is 1.26. The molecule has 6 nitrogen and oxygen atoms in total. The molecule has 1 rings (SSSR count). The number of carbonyl (C=O) groups excluding carboxylic acids is 2. The van der Waals surface area contributed by atoms with Crippen LogP contribution in [0.15, 0.2) is 29.4 Å². The molecule has 0 aromatic heterocycles. The van der Waals surface area contributed by atoms with Crippen molar-refractivity contribution in [3.05, 3.63) is 34.7 Å². The molecule has 0 aliphatic heterocycles. The quantitative estimate of drug-likeness (QED) is 0.805. The normalized spacial score (nSPS) is 10.8. The van der Waals surface area contributed by atoms with Crippen molar-refractivity contribution in [3.8, 4) is 0 Å². The molecule has 2 N–H and O–H groups in total. The second-order valence-electron chi connectivity index (χ2n) is 3.68. The van der Waals surface area contributed by atoms with E-state index >= 15 is 0 Å². The highest BCUT2D eigenvalue weighted by molar-refractivity contribution is 6.00. The van der Waals surface area contributed by atoms with Crippen LogP contribution in [0.5, 0.6) is 0 Å². The number of nitrogens with one attached hydrogen (secondary N) is 2. The summed E-state index contributed by atoms with van der Waals surface area (Å²) >= 11 is 0. The molecule has 0 aliphatic rings. The smallest absolute Gasteiger partial charge is 0.345 e. The van der Waals surface area contributed by atoms with Gasteiger partial charge in [-0.15, -0.1) is 4.91 Å². The van der Waals surface area contributed by atoms with Crippen LogP contribution in [0.3, 0.4) is 0 Å². The molecular weight excluding hydrogens is 279 g/mol. The van der Waals surface area contributed by atoms with E-state index in [1.54, 1.807) is 5.32 Å². The Bertz CT molecular complexity index is 517. The number of carbonyl (C=O) groups is 2. The third-order valence-corrected chi connectivity index (χ3v) is 2.14. The Hall–Kier alpha value is -2.45. The van der Waals surface area contributed by atoms with Crippen LogP contribution in [0, 0.1) is 4.91 Å². The molecule has 0 heterocycles. The van der Waals surface area contributed by atoms with Gasteiger partial charge in [0.25, 0.3) is 5.91 Å². The average Bonchev–Trinajstić information content (AvgIpc) is 2.41. The molecular formula is C11H10F3N3O3. The van der Waals surface area contributed by atoms with Crippen molar-refractivity contribution >= 4 is 17.5 Å². The first-order chi connectivity index (χ1) is 9.33. The van der Waals surface area contributed by atoms with E-state index in [1.807, 2.05) is 0 Å². The van der Waals surface area contributed by atoms with Crippen molar-refractivity contribution in [2.75, 3.05) is 13.1 Å². The molecule has 1 aromatic carbocycles. The van der Waals surface area contributed by atoms with Crippen molar-refractivity contribution in [2.24, 2.45) is 5.18 Å². The van der Waals surface area contributed by atoms with Gasteiger partial charge in [0, 0.05) is 0 Å². The fraction of sp³-hybridized carbons (Fsp3) is 0.273. The number of hydrogen-bond acceptors (Lipinski definition) is 4. The first-order valence-electron chi connectivity index (χ1n) is 5.37. The predicted octanol–water partition coefficient (Wildman–Crippen LogP) is 1.49. The molecule has 0 bridgehead atoms. The Morgan fingerprint density at radius 3 is 2.40 bits per heavy atom. The van der Waals surface area contributed by atoms with E-state index in [1.165, 1.54) is 24.3 Å². The predicted molar refractivity (Wildman–Crippen MR) is 63.3 cm³/mol. The number of rotatable bonds is 5. The highest BCUT2D eigenvalue weighted by Crippen LogP contribution is 2.17. The molecule has 20 heavy (non-hydrogen) atoms. The molecule has 0 spiro atoms. The number of amides is 2. The van der Waals surface area contributed by atoms with E-state index in [2.05, 4.69) is 10.5 Å². The highest BCUT2D eigenvalue weighted by Gasteiger charge is 2.27. The summed E-state index contributed by atoms with van der Waals surface area (Å²) in [6.07, 6.45) is -4.52. The molecule has 0 saturated carbocycles. The largest absolute Gasteiger partial charge is 0.405 e. The maximum absolute atomic E-state index is 11.8. The van der Waals surface area contributed by atoms with E-state index in [0.717, 1.165) is 0 Å². The van der Waals surface area contributed by atoms with Gasteiger partial charge in [-0.2, -0.15) is 13.2 Å². The van der Waals surface area contributed by atoms with Crippen molar-refractivity contribution in [1.82, 2.24) is 10.6 Å². The van der Waals surface area contributed by atoms with Crippen LogP contribution in [0.2, 0.25) is 0 Å². The van der Waals surface area contributed by atoms with Gasteiger partial charge in [-0.1, -0.05) is 12.1 Å². The van der Waals surface area contributed by atoms with Crippen molar-refractivity contribution < 1.29 is 22.8 Å². The first kappa shape index (κ1) is 15.6. The lowest BCUT2D eigenvalue weighted by molar-refractivity contribution is -0.137. The lowest BCUT2D eigenvalue weighted by Gasteiger charge is -2.09. The summed E-state index contributed by atoms with van der Waals surface area (Å²) in [5, 5.41) is 6.31. The highest BCUT2D eigenvalue weighted by atomic mass is 19.4. The minimum atomic E-state index is -4.52. The van der Waals surface area contributed by atoms with Gasteiger partial charge in [0.15, 0.2) is 0 Å². The first-order valence-corrected chi connectivity index (χ1v) is 5.37. The number of benzene rings is 1. The van der Waals surface area contributed by atoms with Crippen LogP contribution >= 0.6 is 0 Å². The van der Waals surface area contributed by atoms with E-state index < -0.39 is 31.1 Å². The second-order valence-corrected chi connectivity index (χ2v) is 3.68. The molecule has 0 atom stereocenters. The van der Waals surface area contributed by atoms with Gasteiger partial charge in [0.1, 0.15) is 12.2 Å². The monoisotopic (exact) mass is 289 g/mol. The number of hydrogen-bond donors (Lipinski definition) is 2. The van der Waals surface area contributed by atoms with Crippen LogP contribution in [0.1, 0.15) is 10.4 Å². The maximum atomic E-state index is 11.8. The third kappa shape index (κ3) is 5.04. The van der Waals surface area contributed by atoms with E-state index in [4.69, 9.17) is 0 Å². The maximum Gasteiger partial charge on any atom is 0.405 e. The van der Waals surface area contributed by atoms with Crippen LogP contribution in [-0.4, -0.2) is 31.1 Å². The van der Waals surface area contributed by atoms with Gasteiger partial charge in [0.2, 0.25) is 5.91 Å². The molecule has 0 fully saturated rings. The lowest BCUT2D eigenvalue weighted by atomic mass is 10.1. The average molecular weight is 289 g/mol. The van der Waals surface area contributed by atoms with E-state index in [9.17, 15) is 27.7 Å². The molecule has 0 aliphatic carbocycles. The Balaban J connectivity index is 2.51. The summed E-state index contributed by atoms with van der Waals surface area (Å²) in [5.74, 6) is -1.77. The number of halogens is 3. The van der Waals surface area contributed by atoms with Gasteiger partial charge in [0.05, 0.1) is 12.1 Å². The summed E-state index contributed by atoms with van der Waals surface area (Å²) < 4.78 is 35.5. The Kier molecular flexibility index (Phi) is 5.18. The summed E-state index contributed by atoms with van der Waals surface area (Å²) in [4.78, 5) is 33.1. The Morgan fingerprint density at radius 1 is 1.15 bits per heavy atom. The zero-order valence-corrected chi connectivity index (χ0v) is 10.0. The van der Waals surface area contributed by atoms with Crippen LogP contribution in [0.4, 0.5) is 18.9 Å². The molecule has 0 saturated heterocycles. The van der Waals surface area contributed by atoms with Crippen LogP contribution in [-0.2, 0) is 4.79 Å². The van der Waals surface area contributed by atoms with Crippen molar-refractivity contribution in [1.29, 1.82) is 0 Å². The fourth-order valence-electron chi connectivity index (χ4n) is 1.26. The summed E-state index contributed by atoms with van der Waals surface area (Å²) in [7, 11) is 0. The SMILES string of the molecule is O=Nc1ccccc1C(=O)NCC(=O)NCC(F)(F)F. The minimum Gasteiger partial charge on any atom is -0.345 e. The molecule has 0 radical (unpaired) electrons. The number of nitrogens with zero attached hydrogens (tertiary/aromatic N) is 1. The van der Waals surface area contributed by atoms with E-state index in [0.29, 0.717) is 0 Å². The van der Waals surface area contributed by atoms with Gasteiger partial charge in [-0.3, -0.25) is 9.59 Å². The third-order valence-electron chi connectivity index (χ3n) is 2.14. The molecule has 9 heteroatoms. The summed E-state index contributed by atoms with van der Waals surface area (Å²) in [6, 6.07) is 5.57. The molecule has 1 aromatic rings. The topological polar surface area (TPSA) is 87.6 Å². The summed E-state index contributed by atoms with van der Waals surface area (Å²) in [6.45, 7) is -2.11. The van der Waals surface area contributed by atoms with Gasteiger partial charge in [-0.05, 0) is 17.3 Å². The van der Waals surface area contributed by atoms with Crippen LogP contribution in [0.25, 0.3) is 0 Å². The Morgan fingerprint density at radius 2 is 1.80 bits per heavy atom. The number of nitroso groups, excluding NO2 is 1. The minimum absolute atomic E-state index is 0.0638.